The SMILES string of the molecule is NC(=NC(=NO)c1nonc1N)c1ccccc1. The van der Waals surface area contributed by atoms with Crippen LogP contribution in [-0.2, 0) is 0 Å². The molecule has 0 atom stereocenters. The summed E-state index contributed by atoms with van der Waals surface area (Å²) in [6.45, 7) is 0. The van der Waals surface area contributed by atoms with Gasteiger partial charge >= 0.3 is 0 Å². The van der Waals surface area contributed by atoms with E-state index in [-0.39, 0.29) is 23.2 Å². The quantitative estimate of drug-likeness (QED) is 0.299. The highest BCUT2D eigenvalue weighted by Gasteiger charge is 2.14. The Morgan fingerprint density at radius 1 is 1.22 bits per heavy atom. The fourth-order valence-corrected chi connectivity index (χ4v) is 1.26. The number of nitrogens with two attached hydrogens (primary N) is 2. The summed E-state index contributed by atoms with van der Waals surface area (Å²) in [4.78, 5) is 3.92. The molecule has 8 nitrogen and oxygen atoms in total. The van der Waals surface area contributed by atoms with Crippen LogP contribution in [0.4, 0.5) is 5.82 Å². The van der Waals surface area contributed by atoms with Gasteiger partial charge in [0.15, 0.2) is 11.5 Å². The van der Waals surface area contributed by atoms with Crippen LogP contribution in [0.1, 0.15) is 11.3 Å². The highest BCUT2D eigenvalue weighted by Crippen LogP contribution is 2.08. The van der Waals surface area contributed by atoms with Crippen molar-refractivity contribution in [2.24, 2.45) is 15.9 Å². The Bertz CT molecular complexity index is 589. The van der Waals surface area contributed by atoms with Crippen molar-refractivity contribution in [1.29, 1.82) is 0 Å². The molecule has 92 valence electrons. The maximum Gasteiger partial charge on any atom is 0.226 e. The molecule has 0 spiro atoms. The van der Waals surface area contributed by atoms with Crippen molar-refractivity contribution < 1.29 is 9.84 Å². The summed E-state index contributed by atoms with van der Waals surface area (Å²) in [5.74, 6) is -0.0479. The molecule has 0 aliphatic carbocycles. The molecule has 0 bridgehead atoms. The predicted molar refractivity (Wildman–Crippen MR) is 64.2 cm³/mol. The largest absolute Gasteiger partial charge is 0.409 e. The summed E-state index contributed by atoms with van der Waals surface area (Å²) in [5.41, 5.74) is 11.9. The van der Waals surface area contributed by atoms with E-state index in [1.807, 2.05) is 6.07 Å². The number of anilines is 1. The normalized spacial score (nSPS) is 12.7. The first-order chi connectivity index (χ1) is 8.72. The third kappa shape index (κ3) is 2.26. The van der Waals surface area contributed by atoms with E-state index in [4.69, 9.17) is 16.7 Å². The summed E-state index contributed by atoms with van der Waals surface area (Å²) in [7, 11) is 0. The lowest BCUT2D eigenvalue weighted by atomic mass is 10.2. The second kappa shape index (κ2) is 4.95. The number of benzene rings is 1. The molecule has 1 aromatic carbocycles. The van der Waals surface area contributed by atoms with Gasteiger partial charge in [-0.25, -0.2) is 9.62 Å². The Labute approximate surface area is 102 Å². The molecule has 1 aromatic heterocycles. The molecule has 1 heterocycles. The van der Waals surface area contributed by atoms with Crippen LogP contribution in [-0.4, -0.2) is 27.2 Å². The van der Waals surface area contributed by atoms with Gasteiger partial charge in [0.2, 0.25) is 5.84 Å². The topological polar surface area (TPSA) is 136 Å². The lowest BCUT2D eigenvalue weighted by Crippen LogP contribution is -2.16. The Morgan fingerprint density at radius 2 is 1.94 bits per heavy atom. The molecular weight excluding hydrogens is 236 g/mol. The van der Waals surface area contributed by atoms with E-state index in [0.717, 1.165) is 0 Å². The summed E-state index contributed by atoms with van der Waals surface area (Å²) >= 11 is 0. The van der Waals surface area contributed by atoms with Crippen LogP contribution < -0.4 is 11.5 Å². The zero-order chi connectivity index (χ0) is 13.0. The minimum atomic E-state index is -0.171. The van der Waals surface area contributed by atoms with E-state index in [9.17, 15) is 0 Å². The number of nitrogens with zero attached hydrogens (tertiary/aromatic N) is 4. The lowest BCUT2D eigenvalue weighted by Gasteiger charge is -2.00. The predicted octanol–water partition coefficient (Wildman–Crippen LogP) is 0.193. The summed E-state index contributed by atoms with van der Waals surface area (Å²) < 4.78 is 4.39. The van der Waals surface area contributed by atoms with Crippen LogP contribution in [0.25, 0.3) is 0 Å². The number of hydrogen-bond acceptors (Lipinski definition) is 6. The summed E-state index contributed by atoms with van der Waals surface area (Å²) in [6, 6.07) is 8.98. The fourth-order valence-electron chi connectivity index (χ4n) is 1.26. The van der Waals surface area contributed by atoms with Crippen molar-refractivity contribution in [3.63, 3.8) is 0 Å². The van der Waals surface area contributed by atoms with E-state index in [2.05, 4.69) is 25.1 Å². The molecule has 5 N–H and O–H groups in total. The fraction of sp³-hybridized carbons (Fsp3) is 0. The molecule has 18 heavy (non-hydrogen) atoms. The minimum Gasteiger partial charge on any atom is -0.409 e. The van der Waals surface area contributed by atoms with Gasteiger partial charge in [-0.15, -0.1) is 0 Å². The van der Waals surface area contributed by atoms with Gasteiger partial charge in [0, 0.05) is 5.56 Å². The third-order valence-corrected chi connectivity index (χ3v) is 2.12. The van der Waals surface area contributed by atoms with Crippen LogP contribution >= 0.6 is 0 Å². The van der Waals surface area contributed by atoms with Gasteiger partial charge in [-0.05, 0) is 10.3 Å². The van der Waals surface area contributed by atoms with Crippen LogP contribution in [0.5, 0.6) is 0 Å². The van der Waals surface area contributed by atoms with Gasteiger partial charge in [-0.3, -0.25) is 0 Å². The molecule has 0 saturated carbocycles. The van der Waals surface area contributed by atoms with Gasteiger partial charge in [-0.2, -0.15) is 0 Å². The minimum absolute atomic E-state index is 0.0244. The van der Waals surface area contributed by atoms with Crippen molar-refractivity contribution >= 4 is 17.5 Å². The molecule has 0 saturated heterocycles. The maximum atomic E-state index is 8.88. The summed E-state index contributed by atoms with van der Waals surface area (Å²) in [6.07, 6.45) is 0. The Balaban J connectivity index is 2.35. The number of hydrogen-bond donors (Lipinski definition) is 3. The lowest BCUT2D eigenvalue weighted by molar-refractivity contribution is 0.305. The van der Waals surface area contributed by atoms with E-state index in [1.165, 1.54) is 0 Å². The number of amidine groups is 2. The van der Waals surface area contributed by atoms with Crippen molar-refractivity contribution in [1.82, 2.24) is 10.3 Å². The Kier molecular flexibility index (Phi) is 3.19. The molecular formula is C10H10N6O2. The second-order valence-electron chi connectivity index (χ2n) is 3.28. The molecule has 0 aliphatic heterocycles. The molecule has 2 rings (SSSR count). The van der Waals surface area contributed by atoms with E-state index in [1.54, 1.807) is 24.3 Å². The average Bonchev–Trinajstić information content (AvgIpc) is 2.83. The van der Waals surface area contributed by atoms with Crippen LogP contribution in [0.3, 0.4) is 0 Å². The zero-order valence-corrected chi connectivity index (χ0v) is 9.19. The first-order valence-corrected chi connectivity index (χ1v) is 4.92. The monoisotopic (exact) mass is 246 g/mol. The van der Waals surface area contributed by atoms with E-state index in [0.29, 0.717) is 5.56 Å². The van der Waals surface area contributed by atoms with Gasteiger partial charge in [0.05, 0.1) is 0 Å². The van der Waals surface area contributed by atoms with Crippen molar-refractivity contribution in [3.8, 4) is 0 Å². The molecule has 0 aliphatic rings. The highest BCUT2D eigenvalue weighted by molar-refractivity contribution is 6.11. The second-order valence-corrected chi connectivity index (χ2v) is 3.28. The van der Waals surface area contributed by atoms with Crippen LogP contribution in [0.2, 0.25) is 0 Å². The molecule has 0 radical (unpaired) electrons. The first-order valence-electron chi connectivity index (χ1n) is 4.92. The number of rotatable bonds is 2. The van der Waals surface area contributed by atoms with Crippen molar-refractivity contribution in [2.45, 2.75) is 0 Å². The average molecular weight is 246 g/mol. The van der Waals surface area contributed by atoms with Crippen molar-refractivity contribution in [3.05, 3.63) is 41.6 Å². The molecule has 8 heteroatoms. The summed E-state index contributed by atoms with van der Waals surface area (Å²) in [5, 5.41) is 18.7. The Hall–Kier alpha value is -2.90. The van der Waals surface area contributed by atoms with Gasteiger partial charge in [0.25, 0.3) is 0 Å². The number of aliphatic imine (C=N–C) groups is 1. The van der Waals surface area contributed by atoms with Gasteiger partial charge in [-0.1, -0.05) is 35.5 Å². The standard InChI is InChI=1S/C10H10N6O2/c11-8(6-4-2-1-3-5-6)13-10(14-17)7-9(12)16-18-15-7/h1-5,17H,(H2,12,16)(H2,11,13,14). The number of aromatic nitrogens is 2. The Morgan fingerprint density at radius 3 is 2.50 bits per heavy atom. The van der Waals surface area contributed by atoms with Crippen LogP contribution in [0, 0.1) is 0 Å². The van der Waals surface area contributed by atoms with Gasteiger partial charge < -0.3 is 16.7 Å². The van der Waals surface area contributed by atoms with Crippen LogP contribution in [0.15, 0.2) is 45.1 Å². The zero-order valence-electron chi connectivity index (χ0n) is 9.19. The molecule has 0 amide bonds. The van der Waals surface area contributed by atoms with E-state index >= 15 is 0 Å². The first kappa shape index (κ1) is 11.6. The molecule has 0 fully saturated rings. The van der Waals surface area contributed by atoms with E-state index < -0.39 is 0 Å². The third-order valence-electron chi connectivity index (χ3n) is 2.12. The highest BCUT2D eigenvalue weighted by atomic mass is 16.6. The maximum absolute atomic E-state index is 8.88. The van der Waals surface area contributed by atoms with Crippen molar-refractivity contribution in [2.75, 3.05) is 5.73 Å². The number of nitrogen functional groups attached to an aromatic ring is 1. The van der Waals surface area contributed by atoms with Gasteiger partial charge in [0.1, 0.15) is 5.84 Å². The molecule has 0 unspecified atom stereocenters. The smallest absolute Gasteiger partial charge is 0.226 e. The molecule has 2 aromatic rings. The number of oxime groups is 1.